The first-order valence-corrected chi connectivity index (χ1v) is 8.07. The minimum atomic E-state index is -0.266. The first kappa shape index (κ1) is 15.0. The number of benzene rings is 2. The van der Waals surface area contributed by atoms with Gasteiger partial charge in [0.15, 0.2) is 0 Å². The summed E-state index contributed by atoms with van der Waals surface area (Å²) in [6.45, 7) is 3.38. The zero-order valence-corrected chi connectivity index (χ0v) is 13.0. The zero-order chi connectivity index (χ0) is 15.5. The molecule has 0 spiro atoms. The largest absolute Gasteiger partial charge is 0.393 e. The van der Waals surface area contributed by atoms with E-state index in [1.165, 1.54) is 10.8 Å². The summed E-state index contributed by atoms with van der Waals surface area (Å²) in [5.41, 5.74) is 1.07. The van der Waals surface area contributed by atoms with Gasteiger partial charge in [0.1, 0.15) is 0 Å². The second kappa shape index (κ2) is 6.49. The molecule has 22 heavy (non-hydrogen) atoms. The molecule has 1 saturated heterocycles. The number of aliphatic hydroxyl groups excluding tert-OH is 1. The summed E-state index contributed by atoms with van der Waals surface area (Å²) in [4.78, 5) is 14.4. The average molecular weight is 297 g/mol. The lowest BCUT2D eigenvalue weighted by Crippen LogP contribution is -2.41. The first-order chi connectivity index (χ1) is 10.6. The Labute approximate surface area is 131 Å². The van der Waals surface area contributed by atoms with E-state index in [-0.39, 0.29) is 12.0 Å². The molecule has 1 amide bonds. The van der Waals surface area contributed by atoms with Crippen LogP contribution in [0.4, 0.5) is 0 Å². The summed E-state index contributed by atoms with van der Waals surface area (Å²) < 4.78 is 0. The van der Waals surface area contributed by atoms with Gasteiger partial charge in [0.25, 0.3) is 0 Å². The third-order valence-electron chi connectivity index (χ3n) is 4.74. The van der Waals surface area contributed by atoms with Crippen LogP contribution in [0.3, 0.4) is 0 Å². The SMILES string of the molecule is CC(O)C1CCN(C(=O)Cc2ccc3ccccc3c2)CC1. The van der Waals surface area contributed by atoms with Crippen molar-refractivity contribution in [1.29, 1.82) is 0 Å². The summed E-state index contributed by atoms with van der Waals surface area (Å²) >= 11 is 0. The first-order valence-electron chi connectivity index (χ1n) is 8.07. The van der Waals surface area contributed by atoms with E-state index in [9.17, 15) is 9.90 Å². The highest BCUT2D eigenvalue weighted by molar-refractivity contribution is 5.85. The number of nitrogens with zero attached hydrogens (tertiary/aromatic N) is 1. The summed E-state index contributed by atoms with van der Waals surface area (Å²) in [5.74, 6) is 0.532. The van der Waals surface area contributed by atoms with Gasteiger partial charge < -0.3 is 10.0 Å². The van der Waals surface area contributed by atoms with Gasteiger partial charge in [-0.05, 0) is 42.0 Å². The molecular formula is C19H23NO2. The molecule has 1 aliphatic rings. The molecular weight excluding hydrogens is 274 g/mol. The molecule has 1 aliphatic heterocycles. The maximum atomic E-state index is 12.4. The normalized spacial score (nSPS) is 17.6. The number of amides is 1. The Morgan fingerprint density at radius 1 is 1.18 bits per heavy atom. The summed E-state index contributed by atoms with van der Waals surface area (Å²) in [6, 6.07) is 14.4. The molecule has 2 aromatic carbocycles. The molecule has 0 aromatic heterocycles. The van der Waals surface area contributed by atoms with Crippen LogP contribution in [0.5, 0.6) is 0 Å². The van der Waals surface area contributed by atoms with Crippen molar-refractivity contribution in [3.8, 4) is 0 Å². The van der Waals surface area contributed by atoms with E-state index in [1.807, 2.05) is 30.0 Å². The lowest BCUT2D eigenvalue weighted by atomic mass is 9.92. The predicted molar refractivity (Wildman–Crippen MR) is 88.6 cm³/mol. The number of likely N-dealkylation sites (tertiary alicyclic amines) is 1. The van der Waals surface area contributed by atoms with Gasteiger partial charge in [0.2, 0.25) is 5.91 Å². The fraction of sp³-hybridized carbons (Fsp3) is 0.421. The van der Waals surface area contributed by atoms with E-state index in [0.29, 0.717) is 12.3 Å². The Bertz CT molecular complexity index is 657. The zero-order valence-electron chi connectivity index (χ0n) is 13.0. The van der Waals surface area contributed by atoms with E-state index in [0.717, 1.165) is 31.5 Å². The topological polar surface area (TPSA) is 40.5 Å². The second-order valence-corrected chi connectivity index (χ2v) is 6.32. The van der Waals surface area contributed by atoms with Crippen molar-refractivity contribution >= 4 is 16.7 Å². The van der Waals surface area contributed by atoms with E-state index in [2.05, 4.69) is 24.3 Å². The van der Waals surface area contributed by atoms with E-state index >= 15 is 0 Å². The lowest BCUT2D eigenvalue weighted by molar-refractivity contribution is -0.132. The fourth-order valence-electron chi connectivity index (χ4n) is 3.27. The molecule has 1 heterocycles. The van der Waals surface area contributed by atoms with Crippen LogP contribution < -0.4 is 0 Å². The van der Waals surface area contributed by atoms with Gasteiger partial charge in [-0.3, -0.25) is 4.79 Å². The quantitative estimate of drug-likeness (QED) is 0.946. The highest BCUT2D eigenvalue weighted by Gasteiger charge is 2.25. The number of hydrogen-bond donors (Lipinski definition) is 1. The number of carbonyl (C=O) groups excluding carboxylic acids is 1. The molecule has 1 fully saturated rings. The van der Waals surface area contributed by atoms with Gasteiger partial charge in [-0.2, -0.15) is 0 Å². The fourth-order valence-corrected chi connectivity index (χ4v) is 3.27. The highest BCUT2D eigenvalue weighted by atomic mass is 16.3. The second-order valence-electron chi connectivity index (χ2n) is 6.32. The van der Waals surface area contributed by atoms with Crippen molar-refractivity contribution in [3.05, 3.63) is 48.0 Å². The van der Waals surface area contributed by atoms with Gasteiger partial charge in [0.05, 0.1) is 12.5 Å². The number of rotatable bonds is 3. The maximum absolute atomic E-state index is 12.4. The standard InChI is InChI=1S/C19H23NO2/c1-14(21)16-8-10-20(11-9-16)19(22)13-15-6-7-17-4-2-3-5-18(17)12-15/h2-7,12,14,16,21H,8-11,13H2,1H3. The lowest BCUT2D eigenvalue weighted by Gasteiger charge is -2.33. The minimum Gasteiger partial charge on any atom is -0.393 e. The molecule has 0 saturated carbocycles. The number of hydrogen-bond acceptors (Lipinski definition) is 2. The number of fused-ring (bicyclic) bond motifs is 1. The smallest absolute Gasteiger partial charge is 0.226 e. The van der Waals surface area contributed by atoms with Gasteiger partial charge in [0, 0.05) is 13.1 Å². The van der Waals surface area contributed by atoms with Gasteiger partial charge in [-0.25, -0.2) is 0 Å². The molecule has 1 unspecified atom stereocenters. The third-order valence-corrected chi connectivity index (χ3v) is 4.74. The Kier molecular flexibility index (Phi) is 4.44. The molecule has 2 aromatic rings. The van der Waals surface area contributed by atoms with Crippen LogP contribution in [-0.4, -0.2) is 35.1 Å². The monoisotopic (exact) mass is 297 g/mol. The van der Waals surface area contributed by atoms with Crippen molar-refractivity contribution in [3.63, 3.8) is 0 Å². The van der Waals surface area contributed by atoms with Gasteiger partial charge in [-0.15, -0.1) is 0 Å². The molecule has 3 nitrogen and oxygen atoms in total. The van der Waals surface area contributed by atoms with Crippen LogP contribution in [0.25, 0.3) is 10.8 Å². The van der Waals surface area contributed by atoms with Gasteiger partial charge >= 0.3 is 0 Å². The van der Waals surface area contributed by atoms with Crippen molar-refractivity contribution in [1.82, 2.24) is 4.90 Å². The number of carbonyl (C=O) groups is 1. The number of piperidine rings is 1. The van der Waals surface area contributed by atoms with Crippen LogP contribution in [0, 0.1) is 5.92 Å². The summed E-state index contributed by atoms with van der Waals surface area (Å²) in [7, 11) is 0. The van der Waals surface area contributed by atoms with Crippen LogP contribution in [0.2, 0.25) is 0 Å². The predicted octanol–water partition coefficient (Wildman–Crippen LogP) is 3.00. The van der Waals surface area contributed by atoms with Gasteiger partial charge in [-0.1, -0.05) is 42.5 Å². The molecule has 0 bridgehead atoms. The average Bonchev–Trinajstić information content (AvgIpc) is 2.55. The summed E-state index contributed by atoms with van der Waals surface area (Å²) in [5, 5.41) is 12.0. The molecule has 0 radical (unpaired) electrons. The highest BCUT2D eigenvalue weighted by Crippen LogP contribution is 2.22. The van der Waals surface area contributed by atoms with Crippen LogP contribution in [0.15, 0.2) is 42.5 Å². The third kappa shape index (κ3) is 3.30. The molecule has 1 atom stereocenters. The van der Waals surface area contributed by atoms with Crippen molar-refractivity contribution in [2.24, 2.45) is 5.92 Å². The minimum absolute atomic E-state index is 0.194. The van der Waals surface area contributed by atoms with E-state index < -0.39 is 0 Å². The number of aliphatic hydroxyl groups is 1. The molecule has 1 N–H and O–H groups in total. The Balaban J connectivity index is 1.63. The Hall–Kier alpha value is -1.87. The molecule has 116 valence electrons. The van der Waals surface area contributed by atoms with Crippen LogP contribution in [0.1, 0.15) is 25.3 Å². The van der Waals surface area contributed by atoms with Crippen LogP contribution in [-0.2, 0) is 11.2 Å². The van der Waals surface area contributed by atoms with E-state index in [4.69, 9.17) is 0 Å². The maximum Gasteiger partial charge on any atom is 0.226 e. The summed E-state index contributed by atoms with van der Waals surface area (Å²) in [6.07, 6.45) is 2.00. The van der Waals surface area contributed by atoms with Crippen LogP contribution >= 0.6 is 0 Å². The van der Waals surface area contributed by atoms with Crippen molar-refractivity contribution in [2.45, 2.75) is 32.3 Å². The molecule has 3 rings (SSSR count). The van der Waals surface area contributed by atoms with E-state index in [1.54, 1.807) is 0 Å². The Morgan fingerprint density at radius 3 is 2.55 bits per heavy atom. The molecule has 3 heteroatoms. The van der Waals surface area contributed by atoms with Crippen molar-refractivity contribution in [2.75, 3.05) is 13.1 Å². The van der Waals surface area contributed by atoms with Crippen molar-refractivity contribution < 1.29 is 9.90 Å². The molecule has 0 aliphatic carbocycles. The Morgan fingerprint density at radius 2 is 1.86 bits per heavy atom.